The molecule has 30 heavy (non-hydrogen) atoms. The van der Waals surface area contributed by atoms with Crippen molar-refractivity contribution in [2.75, 3.05) is 0 Å². The minimum absolute atomic E-state index is 0.444. The van der Waals surface area contributed by atoms with Gasteiger partial charge in [0, 0.05) is 29.8 Å². The van der Waals surface area contributed by atoms with Crippen LogP contribution in [-0.4, -0.2) is 25.0 Å². The Labute approximate surface area is 174 Å². The molecule has 2 aromatic carbocycles. The van der Waals surface area contributed by atoms with E-state index in [0.717, 1.165) is 44.4 Å². The molecule has 0 saturated carbocycles. The predicted octanol–water partition coefficient (Wildman–Crippen LogP) is 4.91. The number of para-hydroxylation sites is 1. The van der Waals surface area contributed by atoms with Gasteiger partial charge in [-0.25, -0.2) is 10.1 Å². The van der Waals surface area contributed by atoms with Crippen LogP contribution >= 0.6 is 0 Å². The fraction of sp³-hybridized carbons (Fsp3) is 0.125. The van der Waals surface area contributed by atoms with Crippen molar-refractivity contribution in [1.82, 2.24) is 25.0 Å². The molecule has 3 aromatic heterocycles. The lowest BCUT2D eigenvalue weighted by atomic mass is 10.0. The quantitative estimate of drug-likeness (QED) is 0.459. The molecule has 0 radical (unpaired) electrons. The van der Waals surface area contributed by atoms with Gasteiger partial charge in [0.2, 0.25) is 5.88 Å². The van der Waals surface area contributed by atoms with Gasteiger partial charge in [0.25, 0.3) is 0 Å². The number of nitrogens with one attached hydrogen (secondary N) is 1. The third-order valence-corrected chi connectivity index (χ3v) is 5.15. The van der Waals surface area contributed by atoms with Gasteiger partial charge in [-0.15, -0.1) is 0 Å². The molecule has 0 bridgehead atoms. The number of rotatable bonds is 5. The van der Waals surface area contributed by atoms with E-state index in [4.69, 9.17) is 9.72 Å². The van der Waals surface area contributed by atoms with Crippen molar-refractivity contribution in [3.63, 3.8) is 0 Å². The van der Waals surface area contributed by atoms with Gasteiger partial charge in [-0.2, -0.15) is 10.2 Å². The molecule has 0 aliphatic carbocycles. The third kappa shape index (κ3) is 3.43. The van der Waals surface area contributed by atoms with Crippen LogP contribution in [0.5, 0.6) is 5.88 Å². The summed E-state index contributed by atoms with van der Waals surface area (Å²) in [7, 11) is 1.89. The van der Waals surface area contributed by atoms with E-state index >= 15 is 0 Å². The second-order valence-corrected chi connectivity index (χ2v) is 7.35. The molecule has 0 atom stereocenters. The summed E-state index contributed by atoms with van der Waals surface area (Å²) in [5.74, 6) is 0.638. The van der Waals surface area contributed by atoms with Crippen molar-refractivity contribution in [3.8, 4) is 28.3 Å². The number of aromatic amines is 1. The molecule has 0 fully saturated rings. The summed E-state index contributed by atoms with van der Waals surface area (Å²) in [4.78, 5) is 4.86. The molecule has 0 aliphatic rings. The second kappa shape index (κ2) is 7.48. The van der Waals surface area contributed by atoms with E-state index in [1.54, 1.807) is 17.1 Å². The van der Waals surface area contributed by atoms with Crippen LogP contribution in [0.15, 0.2) is 73.2 Å². The minimum Gasteiger partial charge on any atom is -0.473 e. The molecule has 148 valence electrons. The Bertz CT molecular complexity index is 1320. The van der Waals surface area contributed by atoms with Crippen LogP contribution in [0, 0.1) is 6.92 Å². The molecule has 1 N–H and O–H groups in total. The first-order valence-corrected chi connectivity index (χ1v) is 9.78. The maximum atomic E-state index is 5.98. The summed E-state index contributed by atoms with van der Waals surface area (Å²) in [5, 5.41) is 12.4. The highest BCUT2D eigenvalue weighted by molar-refractivity contribution is 5.83. The lowest BCUT2D eigenvalue weighted by Crippen LogP contribution is -1.97. The Kier molecular flexibility index (Phi) is 4.52. The molecule has 0 saturated heterocycles. The zero-order valence-corrected chi connectivity index (χ0v) is 16.8. The maximum Gasteiger partial charge on any atom is 0.217 e. The number of aryl methyl sites for hydroxylation is 2. The van der Waals surface area contributed by atoms with Gasteiger partial charge in [0.1, 0.15) is 6.61 Å². The van der Waals surface area contributed by atoms with Crippen molar-refractivity contribution in [2.45, 2.75) is 13.5 Å². The lowest BCUT2D eigenvalue weighted by Gasteiger charge is -2.09. The molecule has 5 aromatic rings. The van der Waals surface area contributed by atoms with Crippen LogP contribution in [0.1, 0.15) is 11.1 Å². The summed E-state index contributed by atoms with van der Waals surface area (Å²) < 4.78 is 7.74. The molecule has 5 rings (SSSR count). The first kappa shape index (κ1) is 18.1. The number of benzene rings is 2. The SMILES string of the molecule is Cc1cc2ccccc2nc1-c1ccc(COc2[nH]ncc2-c2cnn(C)c2)cc1. The monoisotopic (exact) mass is 395 g/mol. The predicted molar refractivity (Wildman–Crippen MR) is 117 cm³/mol. The lowest BCUT2D eigenvalue weighted by molar-refractivity contribution is 0.294. The Morgan fingerprint density at radius 2 is 1.83 bits per heavy atom. The van der Waals surface area contributed by atoms with Gasteiger partial charge in [-0.05, 0) is 30.2 Å². The van der Waals surface area contributed by atoms with Crippen LogP contribution < -0.4 is 4.74 Å². The van der Waals surface area contributed by atoms with Gasteiger partial charge in [0.05, 0.1) is 29.2 Å². The summed E-state index contributed by atoms with van der Waals surface area (Å²) in [6.45, 7) is 2.55. The average molecular weight is 395 g/mol. The third-order valence-electron chi connectivity index (χ3n) is 5.15. The first-order chi connectivity index (χ1) is 14.7. The summed E-state index contributed by atoms with van der Waals surface area (Å²) in [6, 6.07) is 18.7. The average Bonchev–Trinajstić information content (AvgIpc) is 3.41. The largest absolute Gasteiger partial charge is 0.473 e. The number of nitrogens with zero attached hydrogens (tertiary/aromatic N) is 4. The standard InChI is InChI=1S/C24H21N5O/c1-16-11-19-5-3-4-6-22(19)27-23(16)18-9-7-17(8-10-18)15-30-24-21(13-25-28-24)20-12-26-29(2)14-20/h3-14H,15H2,1-2H3,(H,25,28). The second-order valence-electron chi connectivity index (χ2n) is 7.35. The maximum absolute atomic E-state index is 5.98. The molecule has 6 heteroatoms. The van der Waals surface area contributed by atoms with Crippen molar-refractivity contribution < 1.29 is 4.74 Å². The number of hydrogen-bond donors (Lipinski definition) is 1. The smallest absolute Gasteiger partial charge is 0.217 e. The van der Waals surface area contributed by atoms with Crippen LogP contribution in [-0.2, 0) is 13.7 Å². The van der Waals surface area contributed by atoms with E-state index in [-0.39, 0.29) is 0 Å². The van der Waals surface area contributed by atoms with Gasteiger partial charge in [-0.1, -0.05) is 42.5 Å². The summed E-state index contributed by atoms with van der Waals surface area (Å²) in [5.41, 5.74) is 7.21. The molecule has 0 amide bonds. The van der Waals surface area contributed by atoms with Gasteiger partial charge in [0.15, 0.2) is 0 Å². The zero-order valence-electron chi connectivity index (χ0n) is 16.8. The van der Waals surface area contributed by atoms with Crippen molar-refractivity contribution >= 4 is 10.9 Å². The van der Waals surface area contributed by atoms with Gasteiger partial charge in [-0.3, -0.25) is 4.68 Å². The van der Waals surface area contributed by atoms with E-state index in [9.17, 15) is 0 Å². The number of pyridine rings is 1. The van der Waals surface area contributed by atoms with Gasteiger partial charge < -0.3 is 4.74 Å². The van der Waals surface area contributed by atoms with E-state index in [1.807, 2.05) is 31.4 Å². The zero-order chi connectivity index (χ0) is 20.5. The number of aromatic nitrogens is 5. The van der Waals surface area contributed by atoms with Crippen molar-refractivity contribution in [3.05, 3.63) is 84.3 Å². The number of H-pyrrole nitrogens is 1. The highest BCUT2D eigenvalue weighted by atomic mass is 16.5. The van der Waals surface area contributed by atoms with Crippen LogP contribution in [0.3, 0.4) is 0 Å². The van der Waals surface area contributed by atoms with Crippen LogP contribution in [0.4, 0.5) is 0 Å². The molecular weight excluding hydrogens is 374 g/mol. The normalized spacial score (nSPS) is 11.1. The van der Waals surface area contributed by atoms with E-state index in [2.05, 4.69) is 58.6 Å². The molecule has 0 unspecified atom stereocenters. The number of ether oxygens (including phenoxy) is 1. The first-order valence-electron chi connectivity index (χ1n) is 9.78. The minimum atomic E-state index is 0.444. The van der Waals surface area contributed by atoms with Crippen LogP contribution in [0.25, 0.3) is 33.3 Å². The van der Waals surface area contributed by atoms with E-state index in [0.29, 0.717) is 12.5 Å². The molecule has 0 aliphatic heterocycles. The molecule has 6 nitrogen and oxygen atoms in total. The fourth-order valence-electron chi connectivity index (χ4n) is 3.58. The van der Waals surface area contributed by atoms with E-state index in [1.165, 1.54) is 0 Å². The van der Waals surface area contributed by atoms with Crippen LogP contribution in [0.2, 0.25) is 0 Å². The highest BCUT2D eigenvalue weighted by Crippen LogP contribution is 2.28. The fourth-order valence-corrected chi connectivity index (χ4v) is 3.58. The highest BCUT2D eigenvalue weighted by Gasteiger charge is 2.11. The Balaban J connectivity index is 1.34. The molecular formula is C24H21N5O. The van der Waals surface area contributed by atoms with Gasteiger partial charge >= 0.3 is 0 Å². The summed E-state index contributed by atoms with van der Waals surface area (Å²) in [6.07, 6.45) is 5.49. The summed E-state index contributed by atoms with van der Waals surface area (Å²) >= 11 is 0. The Hall–Kier alpha value is -3.93. The number of fused-ring (bicyclic) bond motifs is 1. The van der Waals surface area contributed by atoms with Crippen molar-refractivity contribution in [1.29, 1.82) is 0 Å². The molecule has 3 heterocycles. The molecule has 0 spiro atoms. The topological polar surface area (TPSA) is 68.6 Å². The van der Waals surface area contributed by atoms with E-state index < -0.39 is 0 Å². The Morgan fingerprint density at radius 1 is 1.00 bits per heavy atom. The number of hydrogen-bond acceptors (Lipinski definition) is 4. The Morgan fingerprint density at radius 3 is 2.63 bits per heavy atom. The van der Waals surface area contributed by atoms with Crippen molar-refractivity contribution in [2.24, 2.45) is 7.05 Å².